The molecule has 0 bridgehead atoms. The van der Waals surface area contributed by atoms with E-state index in [1.807, 2.05) is 0 Å². The average Bonchev–Trinajstić information content (AvgIpc) is 2.97. The number of hydrogen-bond donors (Lipinski definition) is 1. The molecule has 1 aromatic heterocycles. The van der Waals surface area contributed by atoms with E-state index in [9.17, 15) is 8.42 Å². The van der Waals surface area contributed by atoms with Crippen molar-refractivity contribution in [1.82, 2.24) is 15.5 Å². The predicted molar refractivity (Wildman–Crippen MR) is 69.6 cm³/mol. The summed E-state index contributed by atoms with van der Waals surface area (Å²) in [6, 6.07) is 0. The predicted octanol–water partition coefficient (Wildman–Crippen LogP) is 0.514. The highest BCUT2D eigenvalue weighted by atomic mass is 32.2. The Hall–Kier alpha value is -0.950. The van der Waals surface area contributed by atoms with Crippen LogP contribution in [0.15, 0.2) is 4.52 Å². The minimum absolute atomic E-state index is 0.0736. The van der Waals surface area contributed by atoms with E-state index >= 15 is 0 Å². The summed E-state index contributed by atoms with van der Waals surface area (Å²) in [4.78, 5) is 4.39. The number of rotatable bonds is 3. The molecule has 106 valence electrons. The lowest BCUT2D eigenvalue weighted by Gasteiger charge is -2.20. The largest absolute Gasteiger partial charge is 0.339 e. The average molecular weight is 285 g/mol. The van der Waals surface area contributed by atoms with Gasteiger partial charge in [-0.2, -0.15) is 4.98 Å². The topological polar surface area (TPSA) is 85.1 Å². The molecule has 1 atom stereocenters. The lowest BCUT2D eigenvalue weighted by atomic mass is 9.95. The molecule has 0 amide bonds. The van der Waals surface area contributed by atoms with Crippen molar-refractivity contribution in [3.05, 3.63) is 11.7 Å². The highest BCUT2D eigenvalue weighted by molar-refractivity contribution is 7.91. The van der Waals surface area contributed by atoms with Crippen LogP contribution in [0.5, 0.6) is 0 Å². The van der Waals surface area contributed by atoms with E-state index in [0.29, 0.717) is 24.1 Å². The van der Waals surface area contributed by atoms with Crippen LogP contribution in [0.2, 0.25) is 0 Å². The Kier molecular flexibility index (Phi) is 3.58. The summed E-state index contributed by atoms with van der Waals surface area (Å²) in [6.07, 6.45) is 3.70. The first kappa shape index (κ1) is 13.1. The molecule has 2 aliphatic rings. The van der Waals surface area contributed by atoms with Crippen molar-refractivity contribution in [1.29, 1.82) is 0 Å². The van der Waals surface area contributed by atoms with Gasteiger partial charge in [-0.25, -0.2) is 8.42 Å². The molecular formula is C12H19N3O3S. The Labute approximate surface area is 112 Å². The number of piperidine rings is 1. The maximum atomic E-state index is 11.4. The molecule has 19 heavy (non-hydrogen) atoms. The van der Waals surface area contributed by atoms with Crippen molar-refractivity contribution in [3.8, 4) is 0 Å². The normalized spacial score (nSPS) is 27.7. The first-order valence-corrected chi connectivity index (χ1v) is 8.68. The van der Waals surface area contributed by atoms with Crippen LogP contribution >= 0.6 is 0 Å². The van der Waals surface area contributed by atoms with Crippen LogP contribution in [0.3, 0.4) is 0 Å². The first-order valence-electron chi connectivity index (χ1n) is 6.86. The van der Waals surface area contributed by atoms with Gasteiger partial charge in [0.05, 0.1) is 11.5 Å². The summed E-state index contributed by atoms with van der Waals surface area (Å²) < 4.78 is 28.2. The van der Waals surface area contributed by atoms with Crippen LogP contribution in [0.4, 0.5) is 0 Å². The lowest BCUT2D eigenvalue weighted by molar-refractivity contribution is 0.311. The smallest absolute Gasteiger partial charge is 0.226 e. The molecule has 0 radical (unpaired) electrons. The maximum absolute atomic E-state index is 11.4. The van der Waals surface area contributed by atoms with Gasteiger partial charge in [0.25, 0.3) is 0 Å². The van der Waals surface area contributed by atoms with Gasteiger partial charge in [0.1, 0.15) is 0 Å². The Morgan fingerprint density at radius 2 is 2.05 bits per heavy atom. The minimum atomic E-state index is -2.89. The van der Waals surface area contributed by atoms with E-state index in [4.69, 9.17) is 4.52 Å². The fourth-order valence-corrected chi connectivity index (χ4v) is 4.59. The fraction of sp³-hybridized carbons (Fsp3) is 0.833. The lowest BCUT2D eigenvalue weighted by Crippen LogP contribution is -2.28. The monoisotopic (exact) mass is 285 g/mol. The molecule has 1 unspecified atom stereocenters. The van der Waals surface area contributed by atoms with Crippen LogP contribution < -0.4 is 5.32 Å². The molecular weight excluding hydrogens is 266 g/mol. The van der Waals surface area contributed by atoms with Gasteiger partial charge in [0.15, 0.2) is 15.7 Å². The van der Waals surface area contributed by atoms with Gasteiger partial charge in [-0.3, -0.25) is 0 Å². The van der Waals surface area contributed by atoms with Crippen molar-refractivity contribution >= 4 is 9.84 Å². The van der Waals surface area contributed by atoms with E-state index in [1.165, 1.54) is 0 Å². The molecule has 2 saturated heterocycles. The van der Waals surface area contributed by atoms with Crippen molar-refractivity contribution in [2.24, 2.45) is 5.92 Å². The summed E-state index contributed by atoms with van der Waals surface area (Å²) in [5.41, 5.74) is 0. The van der Waals surface area contributed by atoms with Crippen LogP contribution in [0.25, 0.3) is 0 Å². The summed E-state index contributed by atoms with van der Waals surface area (Å²) >= 11 is 0. The van der Waals surface area contributed by atoms with Gasteiger partial charge in [-0.05, 0) is 38.3 Å². The molecule has 1 aromatic rings. The van der Waals surface area contributed by atoms with E-state index in [-0.39, 0.29) is 17.4 Å². The van der Waals surface area contributed by atoms with Gasteiger partial charge in [0.2, 0.25) is 5.89 Å². The van der Waals surface area contributed by atoms with Gasteiger partial charge in [0, 0.05) is 12.3 Å². The van der Waals surface area contributed by atoms with Gasteiger partial charge in [-0.1, -0.05) is 5.16 Å². The quantitative estimate of drug-likeness (QED) is 0.871. The Bertz CT molecular complexity index is 534. The molecule has 3 rings (SSSR count). The van der Waals surface area contributed by atoms with Crippen molar-refractivity contribution in [3.63, 3.8) is 0 Å². The summed E-state index contributed by atoms with van der Waals surface area (Å²) in [6.45, 7) is 2.10. The number of hydrogen-bond acceptors (Lipinski definition) is 6. The van der Waals surface area contributed by atoms with E-state index in [2.05, 4.69) is 15.5 Å². The number of sulfone groups is 1. The molecule has 0 aromatic carbocycles. The molecule has 0 saturated carbocycles. The third-order valence-corrected chi connectivity index (χ3v) is 5.77. The van der Waals surface area contributed by atoms with Crippen LogP contribution in [0.1, 0.15) is 36.9 Å². The SMILES string of the molecule is O=S1(=O)CCC(c2noc(CC3CCNCC3)n2)C1. The van der Waals surface area contributed by atoms with Crippen molar-refractivity contribution in [2.75, 3.05) is 24.6 Å². The zero-order chi connectivity index (χ0) is 13.3. The molecule has 3 heterocycles. The van der Waals surface area contributed by atoms with E-state index in [1.54, 1.807) is 0 Å². The second kappa shape index (κ2) is 5.20. The highest BCUT2D eigenvalue weighted by Gasteiger charge is 2.32. The second-order valence-corrected chi connectivity index (χ2v) is 7.77. The molecule has 7 heteroatoms. The van der Waals surface area contributed by atoms with Gasteiger partial charge in [-0.15, -0.1) is 0 Å². The third-order valence-electron chi connectivity index (χ3n) is 4.00. The van der Waals surface area contributed by atoms with Crippen molar-refractivity contribution < 1.29 is 12.9 Å². The van der Waals surface area contributed by atoms with E-state index in [0.717, 1.165) is 32.4 Å². The zero-order valence-electron chi connectivity index (χ0n) is 10.8. The summed E-state index contributed by atoms with van der Waals surface area (Å²) in [7, 11) is -2.89. The van der Waals surface area contributed by atoms with Gasteiger partial charge >= 0.3 is 0 Å². The number of aromatic nitrogens is 2. The first-order chi connectivity index (χ1) is 9.12. The summed E-state index contributed by atoms with van der Waals surface area (Å²) in [5, 5.41) is 7.29. The minimum Gasteiger partial charge on any atom is -0.339 e. The standard InChI is InChI=1S/C12H19N3O3S/c16-19(17)6-3-10(8-19)12-14-11(18-15-12)7-9-1-4-13-5-2-9/h9-10,13H,1-8H2. The zero-order valence-corrected chi connectivity index (χ0v) is 11.7. The van der Waals surface area contributed by atoms with Gasteiger partial charge < -0.3 is 9.84 Å². The molecule has 2 fully saturated rings. The molecule has 0 aliphatic carbocycles. The van der Waals surface area contributed by atoms with Crippen LogP contribution in [0, 0.1) is 5.92 Å². The highest BCUT2D eigenvalue weighted by Crippen LogP contribution is 2.27. The Morgan fingerprint density at radius 1 is 1.26 bits per heavy atom. The Balaban J connectivity index is 1.63. The van der Waals surface area contributed by atoms with Crippen molar-refractivity contribution in [2.45, 2.75) is 31.6 Å². The Morgan fingerprint density at radius 3 is 2.74 bits per heavy atom. The second-order valence-electron chi connectivity index (χ2n) is 5.54. The third kappa shape index (κ3) is 3.14. The number of nitrogens with zero attached hydrogens (tertiary/aromatic N) is 2. The molecule has 6 nitrogen and oxygen atoms in total. The van der Waals surface area contributed by atoms with E-state index < -0.39 is 9.84 Å². The maximum Gasteiger partial charge on any atom is 0.226 e. The summed E-state index contributed by atoms with van der Waals surface area (Å²) in [5.74, 6) is 2.17. The molecule has 0 spiro atoms. The van der Waals surface area contributed by atoms with Crippen LogP contribution in [-0.4, -0.2) is 43.2 Å². The molecule has 1 N–H and O–H groups in total. The fourth-order valence-electron chi connectivity index (χ4n) is 2.85. The number of nitrogens with one attached hydrogen (secondary N) is 1. The van der Waals surface area contributed by atoms with Crippen LogP contribution in [-0.2, 0) is 16.3 Å². The molecule has 2 aliphatic heterocycles.